The average molecular weight is 292 g/mol. The van der Waals surface area contributed by atoms with Gasteiger partial charge in [-0.1, -0.05) is 0 Å². The van der Waals surface area contributed by atoms with Gasteiger partial charge in [0.25, 0.3) is 5.69 Å². The number of hydrogen-bond donors (Lipinski definition) is 1. The highest BCUT2D eigenvalue weighted by molar-refractivity contribution is 5.85. The summed E-state index contributed by atoms with van der Waals surface area (Å²) in [7, 11) is 0. The number of aromatic nitrogens is 1. The number of carbonyl (C=O) groups is 1. The van der Waals surface area contributed by atoms with E-state index in [1.807, 2.05) is 0 Å². The Morgan fingerprint density at radius 2 is 2.14 bits per heavy atom. The van der Waals surface area contributed by atoms with E-state index in [4.69, 9.17) is 9.84 Å². The number of ether oxygens (including phenoxy) is 1. The second-order valence-electron chi connectivity index (χ2n) is 4.05. The quantitative estimate of drug-likeness (QED) is 0.670. The molecular weight excluding hydrogens is 283 g/mol. The van der Waals surface area contributed by atoms with E-state index in [1.165, 1.54) is 24.4 Å². The number of carboxylic acids is 1. The standard InChI is InChI=1S/C13H9FN2O5/c14-9-3-8(4-10(5-9)16(19)20)7-21-11-1-2-12(13(17)18)15-6-11/h1-6H,7H2,(H,17,18). The van der Waals surface area contributed by atoms with Gasteiger partial charge >= 0.3 is 5.97 Å². The Morgan fingerprint density at radius 1 is 1.38 bits per heavy atom. The second kappa shape index (κ2) is 5.95. The maximum Gasteiger partial charge on any atom is 0.354 e. The molecule has 0 saturated carbocycles. The van der Waals surface area contributed by atoms with Gasteiger partial charge in [-0.15, -0.1) is 0 Å². The highest BCUT2D eigenvalue weighted by atomic mass is 19.1. The molecular formula is C13H9FN2O5. The summed E-state index contributed by atoms with van der Waals surface area (Å²) in [6.07, 6.45) is 1.21. The minimum absolute atomic E-state index is 0.104. The van der Waals surface area contributed by atoms with Crippen molar-refractivity contribution in [2.24, 2.45) is 0 Å². The van der Waals surface area contributed by atoms with Crippen LogP contribution in [0.15, 0.2) is 36.5 Å². The molecule has 0 radical (unpaired) electrons. The number of non-ortho nitro benzene ring substituents is 1. The lowest BCUT2D eigenvalue weighted by Gasteiger charge is -2.06. The first-order valence-corrected chi connectivity index (χ1v) is 5.72. The number of pyridine rings is 1. The number of carboxylic acid groups (broad SMARTS) is 1. The zero-order chi connectivity index (χ0) is 15.4. The van der Waals surface area contributed by atoms with Gasteiger partial charge in [-0.2, -0.15) is 0 Å². The van der Waals surface area contributed by atoms with Crippen molar-refractivity contribution in [1.29, 1.82) is 0 Å². The third kappa shape index (κ3) is 3.72. The van der Waals surface area contributed by atoms with Gasteiger partial charge in [0, 0.05) is 6.07 Å². The lowest BCUT2D eigenvalue weighted by molar-refractivity contribution is -0.385. The zero-order valence-corrected chi connectivity index (χ0v) is 10.5. The number of nitrogens with zero attached hydrogens (tertiary/aromatic N) is 2. The van der Waals surface area contributed by atoms with Gasteiger partial charge in [0.2, 0.25) is 0 Å². The fourth-order valence-corrected chi connectivity index (χ4v) is 1.58. The summed E-state index contributed by atoms with van der Waals surface area (Å²) in [4.78, 5) is 24.2. The topological polar surface area (TPSA) is 103 Å². The van der Waals surface area contributed by atoms with Crippen LogP contribution in [-0.4, -0.2) is 21.0 Å². The van der Waals surface area contributed by atoms with Gasteiger partial charge in [0.05, 0.1) is 17.2 Å². The van der Waals surface area contributed by atoms with Gasteiger partial charge in [0.15, 0.2) is 0 Å². The number of rotatable bonds is 5. The van der Waals surface area contributed by atoms with Gasteiger partial charge in [-0.3, -0.25) is 10.1 Å². The fourth-order valence-electron chi connectivity index (χ4n) is 1.58. The fraction of sp³-hybridized carbons (Fsp3) is 0.0769. The molecule has 0 aliphatic carbocycles. The van der Waals surface area contributed by atoms with Gasteiger partial charge in [-0.05, 0) is 23.8 Å². The molecule has 7 nitrogen and oxygen atoms in total. The molecule has 2 aromatic rings. The van der Waals surface area contributed by atoms with Crippen LogP contribution in [0.3, 0.4) is 0 Å². The van der Waals surface area contributed by atoms with E-state index >= 15 is 0 Å². The normalized spacial score (nSPS) is 10.1. The molecule has 2 rings (SSSR count). The van der Waals surface area contributed by atoms with E-state index in [9.17, 15) is 19.3 Å². The summed E-state index contributed by atoms with van der Waals surface area (Å²) in [6.45, 7) is -0.104. The summed E-state index contributed by atoms with van der Waals surface area (Å²) < 4.78 is 18.5. The number of benzene rings is 1. The third-order valence-corrected chi connectivity index (χ3v) is 2.51. The van der Waals surface area contributed by atoms with E-state index in [1.54, 1.807) is 0 Å². The van der Waals surface area contributed by atoms with Crippen LogP contribution < -0.4 is 4.74 Å². The van der Waals surface area contributed by atoms with Crippen LogP contribution in [0.5, 0.6) is 5.75 Å². The number of aromatic carboxylic acids is 1. The number of nitro benzene ring substituents is 1. The van der Waals surface area contributed by atoms with Crippen molar-refractivity contribution in [2.75, 3.05) is 0 Å². The SMILES string of the molecule is O=C(O)c1ccc(OCc2cc(F)cc([N+](=O)[O-])c2)cn1. The van der Waals surface area contributed by atoms with E-state index < -0.39 is 16.7 Å². The monoisotopic (exact) mass is 292 g/mol. The molecule has 0 bridgehead atoms. The third-order valence-electron chi connectivity index (χ3n) is 2.51. The summed E-state index contributed by atoms with van der Waals surface area (Å²) in [5.41, 5.74) is -0.222. The van der Waals surface area contributed by atoms with Crippen LogP contribution in [0.1, 0.15) is 16.1 Å². The second-order valence-corrected chi connectivity index (χ2v) is 4.05. The molecule has 0 unspecified atom stereocenters. The van der Waals surface area contributed by atoms with Crippen LogP contribution in [-0.2, 0) is 6.61 Å². The van der Waals surface area contributed by atoms with E-state index in [-0.39, 0.29) is 29.3 Å². The predicted octanol–water partition coefficient (Wildman–Crippen LogP) is 2.41. The predicted molar refractivity (Wildman–Crippen MR) is 68.6 cm³/mol. The van der Waals surface area contributed by atoms with Crippen LogP contribution in [0.4, 0.5) is 10.1 Å². The highest BCUT2D eigenvalue weighted by Gasteiger charge is 2.10. The van der Waals surface area contributed by atoms with Crippen LogP contribution in [0.2, 0.25) is 0 Å². The molecule has 0 saturated heterocycles. The van der Waals surface area contributed by atoms with Crippen molar-refractivity contribution in [3.63, 3.8) is 0 Å². The number of hydrogen-bond acceptors (Lipinski definition) is 5. The molecule has 0 amide bonds. The largest absolute Gasteiger partial charge is 0.487 e. The summed E-state index contributed by atoms with van der Waals surface area (Å²) in [5, 5.41) is 19.3. The van der Waals surface area contributed by atoms with Crippen molar-refractivity contribution >= 4 is 11.7 Å². The molecule has 21 heavy (non-hydrogen) atoms. The van der Waals surface area contributed by atoms with Crippen molar-refractivity contribution in [3.05, 3.63) is 63.7 Å². The maximum atomic E-state index is 13.2. The molecule has 0 atom stereocenters. The molecule has 1 N–H and O–H groups in total. The van der Waals surface area contributed by atoms with Crippen molar-refractivity contribution in [3.8, 4) is 5.75 Å². The lowest BCUT2D eigenvalue weighted by Crippen LogP contribution is -2.01. The lowest BCUT2D eigenvalue weighted by atomic mass is 10.2. The Kier molecular flexibility index (Phi) is 4.07. The molecule has 108 valence electrons. The van der Waals surface area contributed by atoms with Gasteiger partial charge < -0.3 is 9.84 Å². The van der Waals surface area contributed by atoms with Gasteiger partial charge in [-0.25, -0.2) is 14.2 Å². The van der Waals surface area contributed by atoms with Gasteiger partial charge in [0.1, 0.15) is 23.9 Å². The van der Waals surface area contributed by atoms with Crippen LogP contribution in [0, 0.1) is 15.9 Å². The molecule has 0 spiro atoms. The highest BCUT2D eigenvalue weighted by Crippen LogP contribution is 2.18. The molecule has 1 aromatic carbocycles. The maximum absolute atomic E-state index is 13.2. The molecule has 0 aliphatic rings. The Bertz CT molecular complexity index is 687. The molecule has 0 fully saturated rings. The van der Waals surface area contributed by atoms with E-state index in [0.29, 0.717) is 0 Å². The molecule has 1 aromatic heterocycles. The first-order valence-electron chi connectivity index (χ1n) is 5.72. The Morgan fingerprint density at radius 3 is 2.71 bits per heavy atom. The molecule has 8 heteroatoms. The van der Waals surface area contributed by atoms with Crippen molar-refractivity contribution in [2.45, 2.75) is 6.61 Å². The van der Waals surface area contributed by atoms with Crippen molar-refractivity contribution < 1.29 is 24.0 Å². The first-order chi connectivity index (χ1) is 9.95. The molecule has 1 heterocycles. The smallest absolute Gasteiger partial charge is 0.354 e. The minimum Gasteiger partial charge on any atom is -0.487 e. The summed E-state index contributed by atoms with van der Waals surface area (Å²) in [6, 6.07) is 5.77. The number of halogens is 1. The first kappa shape index (κ1) is 14.4. The summed E-state index contributed by atoms with van der Waals surface area (Å²) >= 11 is 0. The summed E-state index contributed by atoms with van der Waals surface area (Å²) in [5.74, 6) is -1.63. The van der Waals surface area contributed by atoms with E-state index in [2.05, 4.69) is 4.98 Å². The number of nitro groups is 1. The van der Waals surface area contributed by atoms with Crippen LogP contribution in [0.25, 0.3) is 0 Å². The van der Waals surface area contributed by atoms with Crippen LogP contribution >= 0.6 is 0 Å². The Balaban J connectivity index is 2.09. The van der Waals surface area contributed by atoms with E-state index in [0.717, 1.165) is 12.1 Å². The Labute approximate surface area is 117 Å². The average Bonchev–Trinajstić information content (AvgIpc) is 2.45. The van der Waals surface area contributed by atoms with Crippen molar-refractivity contribution in [1.82, 2.24) is 4.98 Å². The minimum atomic E-state index is -1.16. The molecule has 0 aliphatic heterocycles. The Hall–Kier alpha value is -3.03. The zero-order valence-electron chi connectivity index (χ0n) is 10.5.